The fourth-order valence-electron chi connectivity index (χ4n) is 5.22. The van der Waals surface area contributed by atoms with E-state index in [4.69, 9.17) is 5.73 Å². The molecule has 3 heterocycles. The van der Waals surface area contributed by atoms with Crippen LogP contribution in [0.3, 0.4) is 0 Å². The smallest absolute Gasteiger partial charge is 0.266 e. The number of halogens is 1. The number of para-hydroxylation sites is 1. The lowest BCUT2D eigenvalue weighted by atomic mass is 9.84. The van der Waals surface area contributed by atoms with Gasteiger partial charge >= 0.3 is 0 Å². The van der Waals surface area contributed by atoms with Gasteiger partial charge in [0, 0.05) is 24.2 Å². The number of rotatable bonds is 3. The number of nitrogens with zero attached hydrogens (tertiary/aromatic N) is 3. The van der Waals surface area contributed by atoms with Crippen LogP contribution in [0.4, 0.5) is 10.1 Å². The van der Waals surface area contributed by atoms with Crippen LogP contribution in [0.1, 0.15) is 36.8 Å². The first-order valence-corrected chi connectivity index (χ1v) is 11.3. The maximum absolute atomic E-state index is 14.6. The summed E-state index contributed by atoms with van der Waals surface area (Å²) in [5, 5.41) is 0. The second-order valence-electron chi connectivity index (χ2n) is 9.03. The van der Waals surface area contributed by atoms with E-state index in [9.17, 15) is 14.0 Å². The monoisotopic (exact) mass is 434 g/mol. The largest absolute Gasteiger partial charge is 0.341 e. The summed E-state index contributed by atoms with van der Waals surface area (Å²) in [6, 6.07) is 13.5. The molecule has 2 aromatic rings. The van der Waals surface area contributed by atoms with Crippen LogP contribution in [-0.4, -0.2) is 48.2 Å². The van der Waals surface area contributed by atoms with E-state index in [0.29, 0.717) is 28.8 Å². The summed E-state index contributed by atoms with van der Waals surface area (Å²) >= 11 is 0. The zero-order chi connectivity index (χ0) is 22.2. The Morgan fingerprint density at radius 3 is 2.22 bits per heavy atom. The number of benzene rings is 2. The fraction of sp³-hybridized carbons (Fsp3) is 0.400. The molecule has 166 valence electrons. The summed E-state index contributed by atoms with van der Waals surface area (Å²) in [5.41, 5.74) is 7.85. The Morgan fingerprint density at radius 2 is 1.56 bits per heavy atom. The van der Waals surface area contributed by atoms with Crippen LogP contribution in [0.2, 0.25) is 0 Å². The first-order chi connectivity index (χ1) is 15.5. The van der Waals surface area contributed by atoms with Gasteiger partial charge in [0.15, 0.2) is 6.17 Å². The molecule has 3 aliphatic heterocycles. The zero-order valence-electron chi connectivity index (χ0n) is 17.9. The van der Waals surface area contributed by atoms with Crippen molar-refractivity contribution in [1.29, 1.82) is 0 Å². The van der Waals surface area contributed by atoms with Gasteiger partial charge in [-0.05, 0) is 55.7 Å². The van der Waals surface area contributed by atoms with Gasteiger partial charge in [0.2, 0.25) is 5.91 Å². The second-order valence-corrected chi connectivity index (χ2v) is 9.03. The molecule has 0 radical (unpaired) electrons. The van der Waals surface area contributed by atoms with Crippen molar-refractivity contribution in [2.45, 2.75) is 31.8 Å². The van der Waals surface area contributed by atoms with Crippen molar-refractivity contribution in [3.05, 3.63) is 65.5 Å². The summed E-state index contributed by atoms with van der Waals surface area (Å²) in [4.78, 5) is 34.3. The minimum Gasteiger partial charge on any atom is -0.341 e. The van der Waals surface area contributed by atoms with Crippen molar-refractivity contribution >= 4 is 23.2 Å². The standard InChI is InChI=1S/C25H27FN4O2/c26-20-7-3-1-5-18(20)23-19-6-2-4-8-21(19)30(25(32)24(27)28-23)15-22(31)29-13-16-9-10-17(14-29)12-11-16/h1-8,16-17,24H,9-15,27H2/t16?,17?,24-/m0/s1. The maximum atomic E-state index is 14.6. The van der Waals surface area contributed by atoms with Crippen molar-refractivity contribution < 1.29 is 14.0 Å². The third-order valence-electron chi connectivity index (χ3n) is 6.94. The number of hydrogen-bond acceptors (Lipinski definition) is 4. The quantitative estimate of drug-likeness (QED) is 0.807. The molecule has 2 saturated heterocycles. The lowest BCUT2D eigenvalue weighted by molar-refractivity contribution is -0.132. The molecule has 1 saturated carbocycles. The van der Waals surface area contributed by atoms with Gasteiger partial charge < -0.3 is 10.6 Å². The zero-order valence-corrected chi connectivity index (χ0v) is 17.9. The molecule has 1 aliphatic carbocycles. The Bertz CT molecular complexity index is 1060. The molecule has 2 amide bonds. The fourth-order valence-corrected chi connectivity index (χ4v) is 5.22. The van der Waals surface area contributed by atoms with Gasteiger partial charge in [0.1, 0.15) is 12.4 Å². The molecule has 0 spiro atoms. The van der Waals surface area contributed by atoms with E-state index in [-0.39, 0.29) is 18.0 Å². The summed E-state index contributed by atoms with van der Waals surface area (Å²) in [5.74, 6) is 0.111. The summed E-state index contributed by atoms with van der Waals surface area (Å²) < 4.78 is 14.6. The third kappa shape index (κ3) is 3.81. The van der Waals surface area contributed by atoms with Crippen molar-refractivity contribution in [3.8, 4) is 0 Å². The number of fused-ring (bicyclic) bond motifs is 5. The molecule has 7 heteroatoms. The summed E-state index contributed by atoms with van der Waals surface area (Å²) in [7, 11) is 0. The van der Waals surface area contributed by atoms with Gasteiger partial charge in [0.05, 0.1) is 11.4 Å². The number of hydrogen-bond donors (Lipinski definition) is 1. The van der Waals surface area contributed by atoms with Crippen LogP contribution in [0.5, 0.6) is 0 Å². The number of nitrogens with two attached hydrogens (primary N) is 1. The number of amides is 2. The number of benzodiazepines with no additional fused rings is 1. The molecule has 2 bridgehead atoms. The van der Waals surface area contributed by atoms with E-state index < -0.39 is 17.9 Å². The van der Waals surface area contributed by atoms with Crippen molar-refractivity contribution in [2.24, 2.45) is 22.6 Å². The van der Waals surface area contributed by atoms with Gasteiger partial charge in [0.25, 0.3) is 5.91 Å². The van der Waals surface area contributed by atoms with Crippen LogP contribution in [0.15, 0.2) is 53.5 Å². The maximum Gasteiger partial charge on any atom is 0.266 e. The summed E-state index contributed by atoms with van der Waals surface area (Å²) in [6.45, 7) is 1.41. The molecule has 0 aromatic heterocycles. The minimum atomic E-state index is -1.22. The highest BCUT2D eigenvalue weighted by Gasteiger charge is 2.35. The van der Waals surface area contributed by atoms with Crippen LogP contribution in [0, 0.1) is 17.7 Å². The summed E-state index contributed by atoms with van der Waals surface area (Å²) in [6.07, 6.45) is 3.47. The number of aliphatic imine (C=N–C) groups is 1. The first kappa shape index (κ1) is 20.8. The molecule has 2 aromatic carbocycles. The third-order valence-corrected chi connectivity index (χ3v) is 6.94. The Balaban J connectivity index is 1.49. The van der Waals surface area contributed by atoms with Crippen LogP contribution < -0.4 is 10.6 Å². The Hall–Kier alpha value is -3.06. The molecule has 2 N–H and O–H groups in total. The highest BCUT2D eigenvalue weighted by Crippen LogP contribution is 2.34. The lowest BCUT2D eigenvalue weighted by Crippen LogP contribution is -2.48. The van der Waals surface area contributed by atoms with Crippen molar-refractivity contribution in [2.75, 3.05) is 24.5 Å². The highest BCUT2D eigenvalue weighted by atomic mass is 19.1. The van der Waals surface area contributed by atoms with Crippen LogP contribution in [0.25, 0.3) is 0 Å². The van der Waals surface area contributed by atoms with Crippen molar-refractivity contribution in [3.63, 3.8) is 0 Å². The highest BCUT2D eigenvalue weighted by molar-refractivity contribution is 6.20. The van der Waals surface area contributed by atoms with E-state index in [1.807, 2.05) is 11.0 Å². The molecular weight excluding hydrogens is 407 g/mol. The lowest BCUT2D eigenvalue weighted by Gasteiger charge is -2.28. The normalized spacial score (nSPS) is 25.1. The van der Waals surface area contributed by atoms with E-state index >= 15 is 0 Å². The number of carbonyl (C=O) groups excluding carboxylic acids is 2. The van der Waals surface area contributed by atoms with E-state index in [1.54, 1.807) is 36.4 Å². The predicted molar refractivity (Wildman–Crippen MR) is 121 cm³/mol. The molecule has 6 rings (SSSR count). The van der Waals surface area contributed by atoms with E-state index in [2.05, 4.69) is 4.99 Å². The van der Waals surface area contributed by atoms with Gasteiger partial charge in [-0.1, -0.05) is 30.3 Å². The molecular formula is C25H27FN4O2. The van der Waals surface area contributed by atoms with Gasteiger partial charge in [-0.15, -0.1) is 0 Å². The average molecular weight is 435 g/mol. The van der Waals surface area contributed by atoms with Gasteiger partial charge in [-0.3, -0.25) is 19.5 Å². The minimum absolute atomic E-state index is 0.0755. The molecule has 32 heavy (non-hydrogen) atoms. The Kier molecular flexibility index (Phi) is 5.51. The second kappa shape index (κ2) is 8.47. The molecule has 0 unspecified atom stereocenters. The first-order valence-electron chi connectivity index (χ1n) is 11.3. The number of carbonyl (C=O) groups is 2. The van der Waals surface area contributed by atoms with Crippen LogP contribution >= 0.6 is 0 Å². The SMILES string of the molecule is N[C@H]1N=C(c2ccccc2F)c2ccccc2N(CC(=O)N2CC3CCC(CC3)C2)C1=O. The van der Waals surface area contributed by atoms with Gasteiger partial charge in [-0.25, -0.2) is 4.39 Å². The molecule has 3 fully saturated rings. The average Bonchev–Trinajstić information content (AvgIpc) is 3.19. The molecule has 4 aliphatic rings. The Morgan fingerprint density at radius 1 is 0.969 bits per heavy atom. The van der Waals surface area contributed by atoms with E-state index in [1.165, 1.54) is 36.6 Å². The predicted octanol–water partition coefficient (Wildman–Crippen LogP) is 2.94. The number of anilines is 1. The molecule has 1 atom stereocenters. The van der Waals surface area contributed by atoms with Gasteiger partial charge in [-0.2, -0.15) is 0 Å². The van der Waals surface area contributed by atoms with Crippen molar-refractivity contribution in [1.82, 2.24) is 4.90 Å². The topological polar surface area (TPSA) is 79.0 Å². The Labute approximate surface area is 186 Å². The van der Waals surface area contributed by atoms with E-state index in [0.717, 1.165) is 13.1 Å². The van der Waals surface area contributed by atoms with Crippen LogP contribution in [-0.2, 0) is 9.59 Å². The molecule has 6 nitrogen and oxygen atoms in total.